The first-order valence-corrected chi connectivity index (χ1v) is 10.9. The van der Waals surface area contributed by atoms with Gasteiger partial charge in [-0.05, 0) is 35.1 Å². The third-order valence-electron chi connectivity index (χ3n) is 5.76. The van der Waals surface area contributed by atoms with Crippen molar-refractivity contribution in [1.29, 1.82) is 0 Å². The molecule has 0 atom stereocenters. The van der Waals surface area contributed by atoms with E-state index in [0.29, 0.717) is 6.61 Å². The summed E-state index contributed by atoms with van der Waals surface area (Å²) in [7, 11) is 0. The van der Waals surface area contributed by atoms with Crippen LogP contribution in [0.15, 0.2) is 48.5 Å². The number of unbranched alkanes of at least 4 members (excludes halogenated alkanes) is 2. The lowest BCUT2D eigenvalue weighted by molar-refractivity contribution is -0.900. The standard InChI is InChI=1S/C25H33NO2.ClH/c1-3-5-16-26(17-6-4-2)18-11-19-28-25(27)24-22-14-9-7-12-20(22)21-13-8-10-15-23(21)24;/h7-10,12-15,24H,3-6,11,16-19H2,1-2H3;1H. The van der Waals surface area contributed by atoms with Crippen molar-refractivity contribution in [3.63, 3.8) is 0 Å². The van der Waals surface area contributed by atoms with Gasteiger partial charge >= 0.3 is 5.97 Å². The first-order valence-electron chi connectivity index (χ1n) is 10.9. The fourth-order valence-electron chi connectivity index (χ4n) is 4.22. The lowest BCUT2D eigenvalue weighted by Crippen LogP contribution is -3.12. The van der Waals surface area contributed by atoms with Gasteiger partial charge in [-0.1, -0.05) is 75.2 Å². The second kappa shape index (κ2) is 12.0. The Kier molecular flexibility index (Phi) is 9.69. The van der Waals surface area contributed by atoms with Gasteiger partial charge < -0.3 is 22.0 Å². The summed E-state index contributed by atoms with van der Waals surface area (Å²) in [6.07, 6.45) is 5.96. The van der Waals surface area contributed by atoms with Crippen LogP contribution in [0, 0.1) is 0 Å². The smallest absolute Gasteiger partial charge is 0.317 e. The molecule has 0 fully saturated rings. The fraction of sp³-hybridized carbons (Fsp3) is 0.480. The predicted octanol–water partition coefficient (Wildman–Crippen LogP) is 1.22. The zero-order valence-corrected chi connectivity index (χ0v) is 18.5. The minimum absolute atomic E-state index is 0. The minimum Gasteiger partial charge on any atom is -1.00 e. The lowest BCUT2D eigenvalue weighted by atomic mass is 9.97. The molecule has 0 heterocycles. The van der Waals surface area contributed by atoms with Crippen LogP contribution < -0.4 is 17.3 Å². The van der Waals surface area contributed by atoms with Gasteiger partial charge in [0.25, 0.3) is 0 Å². The van der Waals surface area contributed by atoms with E-state index in [2.05, 4.69) is 38.1 Å². The van der Waals surface area contributed by atoms with Crippen LogP contribution >= 0.6 is 0 Å². The molecule has 0 saturated carbocycles. The van der Waals surface area contributed by atoms with E-state index in [4.69, 9.17) is 4.74 Å². The number of rotatable bonds is 11. The second-order valence-corrected chi connectivity index (χ2v) is 7.84. The van der Waals surface area contributed by atoms with Crippen molar-refractivity contribution in [2.45, 2.75) is 51.9 Å². The SMILES string of the molecule is CCCC[NH+](CCCC)CCCOC(=O)C1c2ccccc2-c2ccccc21.[Cl-]. The minimum atomic E-state index is -0.281. The molecule has 0 bridgehead atoms. The maximum Gasteiger partial charge on any atom is 0.317 e. The molecule has 0 spiro atoms. The van der Waals surface area contributed by atoms with Gasteiger partial charge in [-0.15, -0.1) is 0 Å². The predicted molar refractivity (Wildman–Crippen MR) is 115 cm³/mol. The molecule has 0 amide bonds. The van der Waals surface area contributed by atoms with E-state index in [-0.39, 0.29) is 24.3 Å². The van der Waals surface area contributed by atoms with Crippen molar-refractivity contribution in [2.24, 2.45) is 0 Å². The second-order valence-electron chi connectivity index (χ2n) is 7.84. The number of hydrogen-bond donors (Lipinski definition) is 1. The number of benzene rings is 2. The number of ether oxygens (including phenoxy) is 1. The number of quaternary nitrogens is 1. The summed E-state index contributed by atoms with van der Waals surface area (Å²) in [6, 6.07) is 16.4. The molecule has 0 aliphatic heterocycles. The summed E-state index contributed by atoms with van der Waals surface area (Å²) in [6.45, 7) is 8.56. The Morgan fingerprint density at radius 3 is 1.83 bits per heavy atom. The Balaban J connectivity index is 0.00000300. The van der Waals surface area contributed by atoms with Crippen LogP contribution in [0.25, 0.3) is 11.1 Å². The summed E-state index contributed by atoms with van der Waals surface area (Å²) in [4.78, 5) is 14.6. The zero-order valence-electron chi connectivity index (χ0n) is 17.8. The van der Waals surface area contributed by atoms with Crippen molar-refractivity contribution in [2.75, 3.05) is 26.2 Å². The van der Waals surface area contributed by atoms with Crippen LogP contribution in [0.4, 0.5) is 0 Å². The van der Waals surface area contributed by atoms with Crippen LogP contribution in [0.3, 0.4) is 0 Å². The van der Waals surface area contributed by atoms with E-state index in [9.17, 15) is 4.79 Å². The average Bonchev–Trinajstić information content (AvgIpc) is 3.07. The molecule has 2 aromatic rings. The fourth-order valence-corrected chi connectivity index (χ4v) is 4.22. The monoisotopic (exact) mass is 415 g/mol. The molecule has 0 aromatic heterocycles. The molecule has 3 nitrogen and oxygen atoms in total. The van der Waals surface area contributed by atoms with Gasteiger partial charge in [0.1, 0.15) is 5.92 Å². The average molecular weight is 416 g/mol. The van der Waals surface area contributed by atoms with Crippen molar-refractivity contribution < 1.29 is 26.8 Å². The van der Waals surface area contributed by atoms with Crippen molar-refractivity contribution >= 4 is 5.97 Å². The molecule has 0 radical (unpaired) electrons. The molecule has 4 heteroatoms. The number of hydrogen-bond acceptors (Lipinski definition) is 2. The number of carbonyl (C=O) groups excluding carboxylic acids is 1. The number of halogens is 1. The first-order chi connectivity index (χ1) is 13.8. The highest BCUT2D eigenvalue weighted by Crippen LogP contribution is 2.44. The lowest BCUT2D eigenvalue weighted by Gasteiger charge is -2.19. The van der Waals surface area contributed by atoms with E-state index < -0.39 is 0 Å². The molecular weight excluding hydrogens is 382 g/mol. The van der Waals surface area contributed by atoms with E-state index in [1.807, 2.05) is 24.3 Å². The van der Waals surface area contributed by atoms with Crippen LogP contribution in [0.5, 0.6) is 0 Å². The third kappa shape index (κ3) is 5.83. The summed E-state index contributed by atoms with van der Waals surface area (Å²) in [5.74, 6) is -0.392. The topological polar surface area (TPSA) is 30.7 Å². The molecule has 2 aromatic carbocycles. The Morgan fingerprint density at radius 2 is 1.31 bits per heavy atom. The van der Waals surface area contributed by atoms with Crippen molar-refractivity contribution in [3.8, 4) is 11.1 Å². The normalized spacial score (nSPS) is 12.4. The maximum atomic E-state index is 12.9. The van der Waals surface area contributed by atoms with Gasteiger partial charge in [0.05, 0.1) is 26.2 Å². The largest absolute Gasteiger partial charge is 1.00 e. The Labute approximate surface area is 181 Å². The number of esters is 1. The van der Waals surface area contributed by atoms with Gasteiger partial charge in [0.15, 0.2) is 0 Å². The maximum absolute atomic E-state index is 12.9. The highest BCUT2D eigenvalue weighted by molar-refractivity contribution is 5.93. The van der Waals surface area contributed by atoms with Crippen LogP contribution in [0.1, 0.15) is 63.0 Å². The van der Waals surface area contributed by atoms with Gasteiger partial charge in [-0.3, -0.25) is 4.79 Å². The van der Waals surface area contributed by atoms with E-state index in [0.717, 1.165) is 35.2 Å². The molecule has 3 rings (SSSR count). The summed E-state index contributed by atoms with van der Waals surface area (Å²) in [5, 5.41) is 0. The summed E-state index contributed by atoms with van der Waals surface area (Å²) < 4.78 is 5.75. The molecule has 29 heavy (non-hydrogen) atoms. The highest BCUT2D eigenvalue weighted by Gasteiger charge is 2.34. The van der Waals surface area contributed by atoms with Gasteiger partial charge in [0.2, 0.25) is 0 Å². The molecule has 1 aliphatic rings. The molecule has 0 unspecified atom stereocenters. The first kappa shape index (κ1) is 23.4. The van der Waals surface area contributed by atoms with Crippen LogP contribution in [-0.2, 0) is 9.53 Å². The quantitative estimate of drug-likeness (QED) is 0.442. The Bertz CT molecular complexity index is 723. The van der Waals surface area contributed by atoms with Crippen molar-refractivity contribution in [1.82, 2.24) is 0 Å². The van der Waals surface area contributed by atoms with Crippen molar-refractivity contribution in [3.05, 3.63) is 59.7 Å². The van der Waals surface area contributed by atoms with Crippen LogP contribution in [-0.4, -0.2) is 32.2 Å². The Hall–Kier alpha value is -1.84. The molecule has 158 valence electrons. The Morgan fingerprint density at radius 1 is 0.828 bits per heavy atom. The third-order valence-corrected chi connectivity index (χ3v) is 5.76. The van der Waals surface area contributed by atoms with Gasteiger partial charge in [-0.2, -0.15) is 0 Å². The van der Waals surface area contributed by atoms with Gasteiger partial charge in [0, 0.05) is 6.42 Å². The van der Waals surface area contributed by atoms with E-state index in [1.165, 1.54) is 38.8 Å². The molecule has 1 aliphatic carbocycles. The molecule has 0 saturated heterocycles. The van der Waals surface area contributed by atoms with Gasteiger partial charge in [-0.25, -0.2) is 0 Å². The van der Waals surface area contributed by atoms with E-state index in [1.54, 1.807) is 4.90 Å². The van der Waals surface area contributed by atoms with Crippen LogP contribution in [0.2, 0.25) is 0 Å². The molecular formula is C25H34ClNO2. The highest BCUT2D eigenvalue weighted by atomic mass is 35.5. The number of fused-ring (bicyclic) bond motifs is 3. The summed E-state index contributed by atoms with van der Waals surface area (Å²) in [5.41, 5.74) is 4.48. The zero-order chi connectivity index (χ0) is 19.8. The van der Waals surface area contributed by atoms with E-state index >= 15 is 0 Å². The number of nitrogens with one attached hydrogen (secondary N) is 1. The summed E-state index contributed by atoms with van der Waals surface area (Å²) >= 11 is 0. The number of carbonyl (C=O) groups is 1. The molecule has 1 N–H and O–H groups in total.